The fraction of sp³-hybridized carbons (Fsp3) is 0.562. The van der Waals surface area contributed by atoms with Gasteiger partial charge in [0.05, 0.1) is 24.7 Å². The van der Waals surface area contributed by atoms with Gasteiger partial charge < -0.3 is 15.8 Å². The number of carbonyl (C=O) groups excluding carboxylic acids is 1. The topological polar surface area (TPSA) is 111 Å². The van der Waals surface area contributed by atoms with Crippen molar-refractivity contribution in [3.63, 3.8) is 0 Å². The molecule has 3 rings (SSSR count). The number of nitrogens with two attached hydrogens (primary N) is 1. The quantitative estimate of drug-likeness (QED) is 0.678. The van der Waals surface area contributed by atoms with Crippen molar-refractivity contribution in [2.24, 2.45) is 11.7 Å². The summed E-state index contributed by atoms with van der Waals surface area (Å²) in [5.41, 5.74) is 7.57. The zero-order valence-corrected chi connectivity index (χ0v) is 14.3. The fourth-order valence-corrected chi connectivity index (χ4v) is 4.36. The van der Waals surface area contributed by atoms with Crippen LogP contribution in [-0.2, 0) is 32.8 Å². The Bertz CT molecular complexity index is 720. The lowest BCUT2D eigenvalue weighted by Gasteiger charge is -2.19. The molecule has 1 aliphatic carbocycles. The molecule has 0 aromatic heterocycles. The average molecular weight is 353 g/mol. The molecule has 0 radical (unpaired) electrons. The summed E-state index contributed by atoms with van der Waals surface area (Å²) < 4.78 is 32.3. The third kappa shape index (κ3) is 3.77. The summed E-state index contributed by atoms with van der Waals surface area (Å²) in [6.07, 6.45) is 2.94. The van der Waals surface area contributed by atoms with E-state index in [1.807, 2.05) is 0 Å². The highest BCUT2D eigenvalue weighted by Gasteiger charge is 2.27. The first kappa shape index (κ1) is 17.3. The van der Waals surface area contributed by atoms with Gasteiger partial charge in [0, 0.05) is 6.04 Å². The highest BCUT2D eigenvalue weighted by molar-refractivity contribution is 7.89. The predicted octanol–water partition coefficient (Wildman–Crippen LogP) is 0.239. The van der Waals surface area contributed by atoms with Crippen LogP contribution in [0.3, 0.4) is 0 Å². The molecule has 24 heavy (non-hydrogen) atoms. The van der Waals surface area contributed by atoms with Gasteiger partial charge in [-0.1, -0.05) is 12.5 Å². The van der Waals surface area contributed by atoms with E-state index in [1.54, 1.807) is 12.1 Å². The van der Waals surface area contributed by atoms with Crippen LogP contribution < -0.4 is 15.8 Å². The highest BCUT2D eigenvalue weighted by Crippen LogP contribution is 2.25. The van der Waals surface area contributed by atoms with Crippen LogP contribution in [-0.4, -0.2) is 33.5 Å². The molecule has 2 atom stereocenters. The monoisotopic (exact) mass is 353 g/mol. The van der Waals surface area contributed by atoms with E-state index in [0.717, 1.165) is 30.4 Å². The highest BCUT2D eigenvalue weighted by atomic mass is 32.2. The predicted molar refractivity (Wildman–Crippen MR) is 88.4 cm³/mol. The normalized spacial score (nSPS) is 23.2. The lowest BCUT2D eigenvalue weighted by molar-refractivity contribution is -0.120. The van der Waals surface area contributed by atoms with Gasteiger partial charge in [-0.25, -0.2) is 13.1 Å². The van der Waals surface area contributed by atoms with Crippen molar-refractivity contribution in [3.05, 3.63) is 29.3 Å². The molecule has 1 fully saturated rings. The second kappa shape index (κ2) is 7.18. The van der Waals surface area contributed by atoms with E-state index in [9.17, 15) is 13.2 Å². The van der Waals surface area contributed by atoms with E-state index < -0.39 is 10.0 Å². The smallest absolute Gasteiger partial charge is 0.241 e. The van der Waals surface area contributed by atoms with Gasteiger partial charge in [-0.2, -0.15) is 0 Å². The molecular weight excluding hydrogens is 330 g/mol. The number of hydrogen-bond acceptors (Lipinski definition) is 5. The van der Waals surface area contributed by atoms with Crippen LogP contribution in [0.4, 0.5) is 0 Å². The van der Waals surface area contributed by atoms with Crippen molar-refractivity contribution in [2.75, 3.05) is 13.1 Å². The second-order valence-electron chi connectivity index (χ2n) is 6.35. The Balaban J connectivity index is 1.58. The maximum absolute atomic E-state index is 12.3. The molecule has 4 N–H and O–H groups in total. The summed E-state index contributed by atoms with van der Waals surface area (Å²) in [6, 6.07) is 4.93. The largest absolute Gasteiger partial charge is 0.372 e. The molecule has 7 nitrogen and oxygen atoms in total. The lowest BCUT2D eigenvalue weighted by Crippen LogP contribution is -2.44. The van der Waals surface area contributed by atoms with E-state index in [4.69, 9.17) is 10.5 Å². The summed E-state index contributed by atoms with van der Waals surface area (Å²) in [6.45, 7) is 1.19. The van der Waals surface area contributed by atoms with Crippen molar-refractivity contribution in [1.29, 1.82) is 0 Å². The van der Waals surface area contributed by atoms with Crippen molar-refractivity contribution < 1.29 is 17.9 Å². The van der Waals surface area contributed by atoms with E-state index >= 15 is 0 Å². The van der Waals surface area contributed by atoms with Gasteiger partial charge in [0.25, 0.3) is 0 Å². The van der Waals surface area contributed by atoms with Crippen molar-refractivity contribution in [2.45, 2.75) is 43.4 Å². The summed E-state index contributed by atoms with van der Waals surface area (Å²) >= 11 is 0. The van der Waals surface area contributed by atoms with Crippen molar-refractivity contribution in [3.8, 4) is 0 Å². The van der Waals surface area contributed by atoms with Crippen LogP contribution >= 0.6 is 0 Å². The van der Waals surface area contributed by atoms with Gasteiger partial charge in [0.15, 0.2) is 0 Å². The Kier molecular flexibility index (Phi) is 5.19. The minimum atomic E-state index is -3.72. The summed E-state index contributed by atoms with van der Waals surface area (Å²) in [5, 5.41) is 2.88. The standard InChI is InChI=1S/C16H23N3O4S/c17-7-11-2-1-3-15(11)19-16(20)8-18-24(21,22)14-5-4-12-9-23-10-13(12)6-14/h4-6,11,15,18H,1-3,7-10,17H2,(H,19,20). The van der Waals surface area contributed by atoms with Gasteiger partial charge >= 0.3 is 0 Å². The number of amides is 1. The Morgan fingerprint density at radius 1 is 1.25 bits per heavy atom. The van der Waals surface area contributed by atoms with Crippen LogP contribution in [0, 0.1) is 5.92 Å². The van der Waals surface area contributed by atoms with Crippen LogP contribution in [0.1, 0.15) is 30.4 Å². The molecule has 1 saturated carbocycles. The molecule has 0 bridgehead atoms. The van der Waals surface area contributed by atoms with E-state index in [2.05, 4.69) is 10.0 Å². The minimum Gasteiger partial charge on any atom is -0.372 e. The number of rotatable bonds is 6. The first-order valence-corrected chi connectivity index (χ1v) is 9.66. The van der Waals surface area contributed by atoms with Crippen LogP contribution in [0.15, 0.2) is 23.1 Å². The Morgan fingerprint density at radius 2 is 2.04 bits per heavy atom. The zero-order valence-electron chi connectivity index (χ0n) is 13.5. The lowest BCUT2D eigenvalue weighted by atomic mass is 10.0. The molecule has 1 aromatic carbocycles. The molecule has 1 heterocycles. The zero-order chi connectivity index (χ0) is 17.2. The second-order valence-corrected chi connectivity index (χ2v) is 8.12. The first-order valence-electron chi connectivity index (χ1n) is 8.18. The maximum Gasteiger partial charge on any atom is 0.241 e. The molecule has 2 unspecified atom stereocenters. The Morgan fingerprint density at radius 3 is 2.83 bits per heavy atom. The molecule has 2 aliphatic rings. The number of fused-ring (bicyclic) bond motifs is 1. The van der Waals surface area contributed by atoms with Crippen molar-refractivity contribution >= 4 is 15.9 Å². The summed E-state index contributed by atoms with van der Waals surface area (Å²) in [7, 11) is -3.72. The first-order chi connectivity index (χ1) is 11.5. The molecule has 0 saturated heterocycles. The minimum absolute atomic E-state index is 0.0455. The van der Waals surface area contributed by atoms with Gasteiger partial charge in [-0.3, -0.25) is 4.79 Å². The van der Waals surface area contributed by atoms with Gasteiger partial charge in [-0.05, 0) is 48.6 Å². The van der Waals surface area contributed by atoms with Gasteiger partial charge in [-0.15, -0.1) is 0 Å². The Labute approximate surface area is 142 Å². The molecule has 8 heteroatoms. The number of sulfonamides is 1. The number of carbonyl (C=O) groups is 1. The SMILES string of the molecule is NCC1CCCC1NC(=O)CNS(=O)(=O)c1ccc2c(c1)COC2. The molecule has 1 amide bonds. The number of nitrogens with one attached hydrogen (secondary N) is 2. The number of hydrogen-bond donors (Lipinski definition) is 3. The number of ether oxygens (including phenoxy) is 1. The fourth-order valence-electron chi connectivity index (χ4n) is 3.33. The van der Waals surface area contributed by atoms with E-state index in [1.165, 1.54) is 6.07 Å². The van der Waals surface area contributed by atoms with E-state index in [-0.39, 0.29) is 29.3 Å². The van der Waals surface area contributed by atoms with Gasteiger partial charge in [0.1, 0.15) is 0 Å². The van der Waals surface area contributed by atoms with Crippen LogP contribution in [0.5, 0.6) is 0 Å². The molecule has 1 aliphatic heterocycles. The molecule has 1 aromatic rings. The third-order valence-electron chi connectivity index (χ3n) is 4.73. The summed E-state index contributed by atoms with van der Waals surface area (Å²) in [5.74, 6) is -0.0457. The van der Waals surface area contributed by atoms with Crippen LogP contribution in [0.25, 0.3) is 0 Å². The van der Waals surface area contributed by atoms with Gasteiger partial charge in [0.2, 0.25) is 15.9 Å². The van der Waals surface area contributed by atoms with Crippen molar-refractivity contribution in [1.82, 2.24) is 10.0 Å². The molecule has 0 spiro atoms. The number of benzene rings is 1. The average Bonchev–Trinajstić information content (AvgIpc) is 3.20. The molecular formula is C16H23N3O4S. The van der Waals surface area contributed by atoms with Crippen LogP contribution in [0.2, 0.25) is 0 Å². The maximum atomic E-state index is 12.3. The van der Waals surface area contributed by atoms with E-state index in [0.29, 0.717) is 19.8 Å². The molecule has 132 valence electrons. The Hall–Kier alpha value is -1.48. The third-order valence-corrected chi connectivity index (χ3v) is 6.13. The summed E-state index contributed by atoms with van der Waals surface area (Å²) in [4.78, 5) is 12.2.